The quantitative estimate of drug-likeness (QED) is 0.800. The normalized spacial score (nSPS) is 11.4. The minimum Gasteiger partial charge on any atom is -0.496 e. The fraction of sp³-hybridized carbons (Fsp3) is 0.273. The predicted molar refractivity (Wildman–Crippen MR) is 61.2 cm³/mol. The number of ether oxygens (including phenoxy) is 2. The smallest absolute Gasteiger partial charge is 0.339 e. The van der Waals surface area contributed by atoms with Crippen LogP contribution in [0.4, 0.5) is 0 Å². The number of halogens is 1. The van der Waals surface area contributed by atoms with E-state index in [2.05, 4.69) is 15.9 Å². The molecule has 4 nitrogen and oxygen atoms in total. The van der Waals surface area contributed by atoms with Crippen LogP contribution in [0.5, 0.6) is 5.75 Å². The molecule has 1 atom stereocenters. The van der Waals surface area contributed by atoms with Gasteiger partial charge in [-0.2, -0.15) is 5.26 Å². The predicted octanol–water partition coefficient (Wildman–Crippen LogP) is 2.53. The lowest BCUT2D eigenvalue weighted by Gasteiger charge is -2.07. The Balaban J connectivity index is 2.86. The lowest BCUT2D eigenvalue weighted by molar-refractivity contribution is 0.0435. The van der Waals surface area contributed by atoms with Crippen molar-refractivity contribution in [1.29, 1.82) is 5.26 Å². The van der Waals surface area contributed by atoms with Crippen molar-refractivity contribution in [3.63, 3.8) is 0 Å². The summed E-state index contributed by atoms with van der Waals surface area (Å²) in [5, 5.41) is 8.51. The van der Waals surface area contributed by atoms with Gasteiger partial charge in [-0.1, -0.05) is 0 Å². The molecule has 0 unspecified atom stereocenters. The molecular weight excluding hydrogens is 274 g/mol. The molecule has 1 rings (SSSR count). The number of esters is 1. The number of carbonyl (C=O) groups excluding carboxylic acids is 1. The van der Waals surface area contributed by atoms with E-state index in [1.54, 1.807) is 18.2 Å². The second-order valence-electron chi connectivity index (χ2n) is 3.03. The molecule has 0 amide bonds. The Labute approximate surface area is 102 Å². The molecule has 0 spiro atoms. The second kappa shape index (κ2) is 5.52. The first kappa shape index (κ1) is 12.5. The van der Waals surface area contributed by atoms with E-state index in [4.69, 9.17) is 14.7 Å². The maximum absolute atomic E-state index is 11.5. The van der Waals surface area contributed by atoms with Gasteiger partial charge < -0.3 is 9.47 Å². The number of benzene rings is 1. The first-order chi connectivity index (χ1) is 7.58. The Hall–Kier alpha value is -1.54. The minimum absolute atomic E-state index is 0.370. The summed E-state index contributed by atoms with van der Waals surface area (Å²) in [6.07, 6.45) is -0.756. The highest BCUT2D eigenvalue weighted by Crippen LogP contribution is 2.25. The van der Waals surface area contributed by atoms with E-state index in [0.29, 0.717) is 15.8 Å². The third kappa shape index (κ3) is 2.97. The molecule has 0 radical (unpaired) electrons. The Morgan fingerprint density at radius 2 is 2.25 bits per heavy atom. The van der Waals surface area contributed by atoms with Crippen LogP contribution in [-0.4, -0.2) is 19.2 Å². The number of nitriles is 1. The van der Waals surface area contributed by atoms with E-state index in [1.165, 1.54) is 14.0 Å². The summed E-state index contributed by atoms with van der Waals surface area (Å²) in [6, 6.07) is 6.64. The number of rotatable bonds is 3. The molecule has 1 aromatic carbocycles. The molecule has 0 saturated carbocycles. The first-order valence-corrected chi connectivity index (χ1v) is 5.32. The van der Waals surface area contributed by atoms with Gasteiger partial charge in [0.15, 0.2) is 6.10 Å². The average Bonchev–Trinajstić information content (AvgIpc) is 2.28. The number of carbonyl (C=O) groups is 1. The van der Waals surface area contributed by atoms with Crippen molar-refractivity contribution in [1.82, 2.24) is 0 Å². The molecule has 16 heavy (non-hydrogen) atoms. The van der Waals surface area contributed by atoms with Gasteiger partial charge in [-0.15, -0.1) is 0 Å². The zero-order valence-electron chi connectivity index (χ0n) is 8.86. The first-order valence-electron chi connectivity index (χ1n) is 4.52. The van der Waals surface area contributed by atoms with Gasteiger partial charge >= 0.3 is 5.97 Å². The number of nitrogens with zero attached hydrogens (tertiary/aromatic N) is 1. The fourth-order valence-corrected chi connectivity index (χ4v) is 1.59. The average molecular weight is 284 g/mol. The third-order valence-electron chi connectivity index (χ3n) is 1.85. The van der Waals surface area contributed by atoms with Crippen molar-refractivity contribution in [2.45, 2.75) is 13.0 Å². The zero-order chi connectivity index (χ0) is 12.1. The molecule has 0 aliphatic heterocycles. The zero-order valence-corrected chi connectivity index (χ0v) is 10.4. The molecule has 1 aromatic rings. The van der Waals surface area contributed by atoms with Crippen LogP contribution < -0.4 is 4.74 Å². The molecule has 0 aliphatic carbocycles. The summed E-state index contributed by atoms with van der Waals surface area (Å²) in [7, 11) is 1.54. The standard InChI is InChI=1S/C11H10BrNO3/c1-7(6-13)16-11(14)8-3-4-10(15-2)9(12)5-8/h3-5,7H,1-2H3/t7-/m1/s1. The molecule has 84 valence electrons. The molecule has 0 fully saturated rings. The van der Waals surface area contributed by atoms with Crippen molar-refractivity contribution >= 4 is 21.9 Å². The summed E-state index contributed by atoms with van der Waals surface area (Å²) in [4.78, 5) is 11.5. The van der Waals surface area contributed by atoms with Crippen LogP contribution in [0.1, 0.15) is 17.3 Å². The highest BCUT2D eigenvalue weighted by atomic mass is 79.9. The monoisotopic (exact) mass is 283 g/mol. The van der Waals surface area contributed by atoms with Gasteiger partial charge in [0.2, 0.25) is 0 Å². The van der Waals surface area contributed by atoms with Gasteiger partial charge in [0.25, 0.3) is 0 Å². The molecule has 0 saturated heterocycles. The van der Waals surface area contributed by atoms with Gasteiger partial charge in [0.05, 0.1) is 17.1 Å². The van der Waals surface area contributed by atoms with Crippen LogP contribution in [-0.2, 0) is 4.74 Å². The number of hydrogen-bond acceptors (Lipinski definition) is 4. The van der Waals surface area contributed by atoms with Crippen molar-refractivity contribution in [3.8, 4) is 11.8 Å². The molecule has 0 aliphatic rings. The van der Waals surface area contributed by atoms with Crippen LogP contribution in [0.15, 0.2) is 22.7 Å². The molecule has 0 heterocycles. The lowest BCUT2D eigenvalue weighted by Crippen LogP contribution is -2.13. The van der Waals surface area contributed by atoms with E-state index < -0.39 is 12.1 Å². The number of methoxy groups -OCH3 is 1. The summed E-state index contributed by atoms with van der Waals surface area (Å²) >= 11 is 3.26. The van der Waals surface area contributed by atoms with Gasteiger partial charge in [-0.25, -0.2) is 4.79 Å². The molecule has 5 heteroatoms. The Morgan fingerprint density at radius 1 is 1.56 bits per heavy atom. The summed E-state index contributed by atoms with van der Waals surface area (Å²) in [5.41, 5.74) is 0.370. The van der Waals surface area contributed by atoms with Gasteiger partial charge in [-0.05, 0) is 41.1 Å². The van der Waals surface area contributed by atoms with E-state index in [9.17, 15) is 4.79 Å². The summed E-state index contributed by atoms with van der Waals surface area (Å²) < 4.78 is 10.5. The van der Waals surface area contributed by atoms with Crippen LogP contribution in [0.25, 0.3) is 0 Å². The highest BCUT2D eigenvalue weighted by Gasteiger charge is 2.12. The Morgan fingerprint density at radius 3 is 2.75 bits per heavy atom. The highest BCUT2D eigenvalue weighted by molar-refractivity contribution is 9.10. The SMILES string of the molecule is COc1ccc(C(=O)O[C@H](C)C#N)cc1Br. The van der Waals surface area contributed by atoms with Crippen molar-refractivity contribution < 1.29 is 14.3 Å². The second-order valence-corrected chi connectivity index (χ2v) is 3.88. The Kier molecular flexibility index (Phi) is 4.32. The van der Waals surface area contributed by atoms with Crippen molar-refractivity contribution in [2.24, 2.45) is 0 Å². The van der Waals surface area contributed by atoms with E-state index in [-0.39, 0.29) is 0 Å². The van der Waals surface area contributed by atoms with Crippen molar-refractivity contribution in [2.75, 3.05) is 7.11 Å². The summed E-state index contributed by atoms with van der Waals surface area (Å²) in [6.45, 7) is 1.51. The molecular formula is C11H10BrNO3. The van der Waals surface area contributed by atoms with Crippen LogP contribution in [0.3, 0.4) is 0 Å². The topological polar surface area (TPSA) is 59.3 Å². The minimum atomic E-state index is -0.756. The van der Waals surface area contributed by atoms with Crippen LogP contribution in [0.2, 0.25) is 0 Å². The third-order valence-corrected chi connectivity index (χ3v) is 2.47. The number of hydrogen-bond donors (Lipinski definition) is 0. The van der Waals surface area contributed by atoms with Crippen molar-refractivity contribution in [3.05, 3.63) is 28.2 Å². The molecule has 0 bridgehead atoms. The van der Waals surface area contributed by atoms with E-state index in [0.717, 1.165) is 0 Å². The Bertz CT molecular complexity index is 439. The molecule has 0 aromatic heterocycles. The van der Waals surface area contributed by atoms with Gasteiger partial charge in [-0.3, -0.25) is 0 Å². The summed E-state index contributed by atoms with van der Waals surface area (Å²) in [5.74, 6) is 0.0993. The lowest BCUT2D eigenvalue weighted by atomic mass is 10.2. The van der Waals surface area contributed by atoms with Crippen LogP contribution >= 0.6 is 15.9 Å². The maximum Gasteiger partial charge on any atom is 0.339 e. The largest absolute Gasteiger partial charge is 0.496 e. The van der Waals surface area contributed by atoms with Crippen LogP contribution in [0, 0.1) is 11.3 Å². The fourth-order valence-electron chi connectivity index (χ4n) is 1.05. The molecule has 0 N–H and O–H groups in total. The van der Waals surface area contributed by atoms with E-state index >= 15 is 0 Å². The maximum atomic E-state index is 11.5. The van der Waals surface area contributed by atoms with Gasteiger partial charge in [0, 0.05) is 0 Å². The van der Waals surface area contributed by atoms with Gasteiger partial charge in [0.1, 0.15) is 11.8 Å². The van der Waals surface area contributed by atoms with E-state index in [1.807, 2.05) is 6.07 Å².